The van der Waals surface area contributed by atoms with Gasteiger partial charge in [0.1, 0.15) is 0 Å². The lowest BCUT2D eigenvalue weighted by molar-refractivity contribution is 0.859. The number of nitrogens with one attached hydrogen (secondary N) is 1. The summed E-state index contributed by atoms with van der Waals surface area (Å²) in [6.07, 6.45) is 2.22. The number of thioether (sulfide) groups is 1. The number of aryl methyl sites for hydroxylation is 1. The fourth-order valence-electron chi connectivity index (χ4n) is 2.51. The van der Waals surface area contributed by atoms with E-state index in [1.54, 1.807) is 0 Å². The number of hydrogen-bond donors (Lipinski definition) is 1. The molecule has 0 radical (unpaired) electrons. The van der Waals surface area contributed by atoms with E-state index >= 15 is 0 Å². The van der Waals surface area contributed by atoms with Crippen LogP contribution in [0.2, 0.25) is 0 Å². The molecule has 2 heterocycles. The Hall–Kier alpha value is -1.87. The van der Waals surface area contributed by atoms with E-state index in [2.05, 4.69) is 71.9 Å². The molecule has 2 aliphatic heterocycles. The first-order valence-corrected chi connectivity index (χ1v) is 7.29. The minimum atomic E-state index is 0.300. The summed E-state index contributed by atoms with van der Waals surface area (Å²) in [7, 11) is 0. The monoisotopic (exact) mass is 266 g/mol. The van der Waals surface area contributed by atoms with Crippen molar-refractivity contribution in [2.75, 3.05) is 4.90 Å². The Morgan fingerprint density at radius 1 is 1.05 bits per heavy atom. The normalized spacial score (nSPS) is 19.7. The van der Waals surface area contributed by atoms with Gasteiger partial charge in [-0.1, -0.05) is 53.7 Å². The van der Waals surface area contributed by atoms with E-state index in [4.69, 9.17) is 0 Å². The van der Waals surface area contributed by atoms with Gasteiger partial charge in [0.2, 0.25) is 0 Å². The molecule has 2 aromatic carbocycles. The van der Waals surface area contributed by atoms with Crippen LogP contribution < -0.4 is 10.2 Å². The number of anilines is 1. The molecule has 94 valence electrons. The molecule has 0 saturated carbocycles. The van der Waals surface area contributed by atoms with Gasteiger partial charge in [0, 0.05) is 11.1 Å². The van der Waals surface area contributed by atoms with Crippen LogP contribution >= 0.6 is 11.8 Å². The summed E-state index contributed by atoms with van der Waals surface area (Å²) in [5, 5.41) is 3.59. The lowest BCUT2D eigenvalue weighted by Gasteiger charge is -2.15. The van der Waals surface area contributed by atoms with Crippen molar-refractivity contribution in [1.29, 1.82) is 0 Å². The van der Waals surface area contributed by atoms with Crippen molar-refractivity contribution in [3.8, 4) is 0 Å². The SMILES string of the molecule is Cc1ccc(C2=CN3c4ccccc4S[C@@H]3N2)cc1. The number of nitrogens with zero attached hydrogens (tertiary/aromatic N) is 1. The van der Waals surface area contributed by atoms with Gasteiger partial charge in [-0.25, -0.2) is 0 Å². The van der Waals surface area contributed by atoms with Gasteiger partial charge in [-0.15, -0.1) is 0 Å². The highest BCUT2D eigenvalue weighted by Gasteiger charge is 2.33. The van der Waals surface area contributed by atoms with Crippen molar-refractivity contribution in [3.63, 3.8) is 0 Å². The number of para-hydroxylation sites is 1. The van der Waals surface area contributed by atoms with Crippen molar-refractivity contribution in [3.05, 3.63) is 65.9 Å². The van der Waals surface area contributed by atoms with Crippen LogP contribution in [-0.4, -0.2) is 5.50 Å². The maximum absolute atomic E-state index is 3.59. The zero-order valence-electron chi connectivity index (χ0n) is 10.6. The molecule has 2 aliphatic rings. The van der Waals surface area contributed by atoms with Crippen LogP contribution in [0.25, 0.3) is 5.70 Å². The highest BCUT2D eigenvalue weighted by molar-refractivity contribution is 8.00. The molecule has 1 N–H and O–H groups in total. The summed E-state index contributed by atoms with van der Waals surface area (Å²) in [5.74, 6) is 0. The molecule has 0 spiro atoms. The van der Waals surface area contributed by atoms with Crippen molar-refractivity contribution in [2.45, 2.75) is 17.3 Å². The third-order valence-corrected chi connectivity index (χ3v) is 4.71. The Morgan fingerprint density at radius 2 is 1.84 bits per heavy atom. The van der Waals surface area contributed by atoms with Crippen molar-refractivity contribution < 1.29 is 0 Å². The summed E-state index contributed by atoms with van der Waals surface area (Å²) in [5.41, 5.74) is 5.34. The van der Waals surface area contributed by atoms with E-state index in [9.17, 15) is 0 Å². The average Bonchev–Trinajstić information content (AvgIpc) is 2.97. The fourth-order valence-corrected chi connectivity index (χ4v) is 3.68. The second-order valence-corrected chi connectivity index (χ2v) is 6.02. The number of hydrogen-bond acceptors (Lipinski definition) is 3. The second kappa shape index (κ2) is 4.07. The van der Waals surface area contributed by atoms with E-state index in [1.807, 2.05) is 11.8 Å². The molecule has 4 rings (SSSR count). The van der Waals surface area contributed by atoms with Crippen LogP contribution in [0, 0.1) is 6.92 Å². The number of benzene rings is 2. The number of rotatable bonds is 1. The fraction of sp³-hybridized carbons (Fsp3) is 0.125. The van der Waals surface area contributed by atoms with Gasteiger partial charge in [-0.2, -0.15) is 0 Å². The van der Waals surface area contributed by atoms with Crippen LogP contribution in [0.5, 0.6) is 0 Å². The Balaban J connectivity index is 1.71. The molecule has 19 heavy (non-hydrogen) atoms. The maximum Gasteiger partial charge on any atom is 0.156 e. The van der Waals surface area contributed by atoms with E-state index < -0.39 is 0 Å². The minimum Gasteiger partial charge on any atom is -0.354 e. The molecule has 2 aromatic rings. The van der Waals surface area contributed by atoms with E-state index in [-0.39, 0.29) is 0 Å². The smallest absolute Gasteiger partial charge is 0.156 e. The van der Waals surface area contributed by atoms with Crippen molar-refractivity contribution in [2.24, 2.45) is 0 Å². The second-order valence-electron chi connectivity index (χ2n) is 4.90. The third kappa shape index (κ3) is 1.73. The standard InChI is InChI=1S/C16H14N2S/c1-11-6-8-12(9-7-11)13-10-18-14-4-2-3-5-15(14)19-16(18)17-13/h2-10,16-17H,1H3/t16-/m1/s1. The lowest BCUT2D eigenvalue weighted by Crippen LogP contribution is -2.28. The van der Waals surface area contributed by atoms with Crippen LogP contribution in [-0.2, 0) is 0 Å². The van der Waals surface area contributed by atoms with Crippen LogP contribution in [0.4, 0.5) is 5.69 Å². The zero-order valence-corrected chi connectivity index (χ0v) is 11.4. The Kier molecular flexibility index (Phi) is 2.35. The molecule has 0 unspecified atom stereocenters. The third-order valence-electron chi connectivity index (χ3n) is 3.54. The largest absolute Gasteiger partial charge is 0.354 e. The molecule has 0 fully saturated rings. The highest BCUT2D eigenvalue weighted by atomic mass is 32.2. The van der Waals surface area contributed by atoms with Crippen LogP contribution in [0.3, 0.4) is 0 Å². The molecule has 0 saturated heterocycles. The predicted octanol–water partition coefficient (Wildman–Crippen LogP) is 3.79. The van der Waals surface area contributed by atoms with Gasteiger partial charge in [-0.05, 0) is 24.6 Å². The van der Waals surface area contributed by atoms with Gasteiger partial charge in [0.05, 0.1) is 11.4 Å². The summed E-state index contributed by atoms with van der Waals surface area (Å²) in [6.45, 7) is 2.12. The highest BCUT2D eigenvalue weighted by Crippen LogP contribution is 2.45. The van der Waals surface area contributed by atoms with E-state index in [0.717, 1.165) is 0 Å². The topological polar surface area (TPSA) is 15.3 Å². The van der Waals surface area contributed by atoms with Crippen molar-refractivity contribution >= 4 is 23.1 Å². The Bertz CT molecular complexity index is 661. The predicted molar refractivity (Wildman–Crippen MR) is 80.9 cm³/mol. The van der Waals surface area contributed by atoms with Gasteiger partial charge < -0.3 is 10.2 Å². The van der Waals surface area contributed by atoms with Crippen molar-refractivity contribution in [1.82, 2.24) is 5.32 Å². The minimum absolute atomic E-state index is 0.300. The molecule has 0 bridgehead atoms. The maximum atomic E-state index is 3.59. The first-order chi connectivity index (χ1) is 9.31. The number of fused-ring (bicyclic) bond motifs is 3. The summed E-state index contributed by atoms with van der Waals surface area (Å²) >= 11 is 1.87. The van der Waals surface area contributed by atoms with Gasteiger partial charge in [-0.3, -0.25) is 0 Å². The quantitative estimate of drug-likeness (QED) is 0.845. The molecule has 0 aliphatic carbocycles. The summed E-state index contributed by atoms with van der Waals surface area (Å²) < 4.78 is 0. The molecule has 3 heteroatoms. The zero-order chi connectivity index (χ0) is 12.8. The first kappa shape index (κ1) is 11.0. The van der Waals surface area contributed by atoms with Crippen LogP contribution in [0.1, 0.15) is 11.1 Å². The first-order valence-electron chi connectivity index (χ1n) is 6.41. The Labute approximate surface area is 117 Å². The Morgan fingerprint density at radius 3 is 2.68 bits per heavy atom. The van der Waals surface area contributed by atoms with Gasteiger partial charge >= 0.3 is 0 Å². The van der Waals surface area contributed by atoms with E-state index in [0.29, 0.717) is 5.50 Å². The summed E-state index contributed by atoms with van der Waals surface area (Å²) in [4.78, 5) is 3.66. The van der Waals surface area contributed by atoms with E-state index in [1.165, 1.54) is 27.4 Å². The average molecular weight is 266 g/mol. The summed E-state index contributed by atoms with van der Waals surface area (Å²) in [6, 6.07) is 17.2. The van der Waals surface area contributed by atoms with Gasteiger partial charge in [0.15, 0.2) is 5.50 Å². The molecule has 1 atom stereocenters. The lowest BCUT2D eigenvalue weighted by atomic mass is 10.1. The molecule has 0 amide bonds. The molecule has 0 aromatic heterocycles. The molecular weight excluding hydrogens is 252 g/mol. The van der Waals surface area contributed by atoms with Crippen LogP contribution in [0.15, 0.2) is 59.6 Å². The molecular formula is C16H14N2S. The van der Waals surface area contributed by atoms with Gasteiger partial charge in [0.25, 0.3) is 0 Å². The molecule has 2 nitrogen and oxygen atoms in total.